The molecule has 2 heterocycles. The largest absolute Gasteiger partial charge is 0.497 e. The number of methoxy groups -OCH3 is 1. The monoisotopic (exact) mass is 478 g/mol. The Hall–Kier alpha value is -2.03. The van der Waals surface area contributed by atoms with Gasteiger partial charge < -0.3 is 9.64 Å². The summed E-state index contributed by atoms with van der Waals surface area (Å²) in [5.74, 6) is 0.781. The maximum absolute atomic E-state index is 12.6. The Morgan fingerprint density at radius 1 is 1.13 bits per heavy atom. The van der Waals surface area contributed by atoms with E-state index in [9.17, 15) is 13.2 Å². The highest BCUT2D eigenvalue weighted by Crippen LogP contribution is 2.38. The lowest BCUT2D eigenvalue weighted by molar-refractivity contribution is -0.117. The number of thioether (sulfide) groups is 1. The number of benzene rings is 2. The van der Waals surface area contributed by atoms with Gasteiger partial charge >= 0.3 is 0 Å². The van der Waals surface area contributed by atoms with Crippen molar-refractivity contribution in [1.29, 1.82) is 0 Å². The molecule has 0 aromatic heterocycles. The molecule has 0 bridgehead atoms. The van der Waals surface area contributed by atoms with Crippen molar-refractivity contribution in [2.75, 3.05) is 25.2 Å². The molecule has 2 aliphatic heterocycles. The minimum atomic E-state index is -3.07. The fourth-order valence-electron chi connectivity index (χ4n) is 3.86. The first-order valence-corrected chi connectivity index (χ1v) is 13.0. The Labute approximate surface area is 191 Å². The average molecular weight is 479 g/mol. The van der Waals surface area contributed by atoms with Crippen molar-refractivity contribution >= 4 is 44.3 Å². The van der Waals surface area contributed by atoms with E-state index >= 15 is 0 Å². The van der Waals surface area contributed by atoms with Crippen LogP contribution < -0.4 is 4.74 Å². The molecule has 2 saturated heterocycles. The van der Waals surface area contributed by atoms with Crippen LogP contribution in [-0.4, -0.2) is 60.8 Å². The highest BCUT2D eigenvalue weighted by atomic mass is 35.5. The van der Waals surface area contributed by atoms with Gasteiger partial charge in [0.05, 0.1) is 31.1 Å². The van der Waals surface area contributed by atoms with Gasteiger partial charge in [0.25, 0.3) is 5.91 Å². The van der Waals surface area contributed by atoms with Gasteiger partial charge in [0, 0.05) is 16.8 Å². The number of carbonyl (C=O) groups is 1. The lowest BCUT2D eigenvalue weighted by Crippen LogP contribution is -2.39. The number of amidine groups is 1. The smallest absolute Gasteiger partial charge is 0.252 e. The second-order valence-electron chi connectivity index (χ2n) is 7.68. The maximum Gasteiger partial charge on any atom is 0.252 e. The molecule has 9 heteroatoms. The first kappa shape index (κ1) is 22.2. The third kappa shape index (κ3) is 5.42. The maximum atomic E-state index is 12.6. The fraction of sp³-hybridized carbons (Fsp3) is 0.364. The van der Waals surface area contributed by atoms with Gasteiger partial charge in [0.2, 0.25) is 0 Å². The van der Waals surface area contributed by atoms with Crippen LogP contribution in [0.1, 0.15) is 11.1 Å². The minimum Gasteiger partial charge on any atom is -0.497 e. The number of aliphatic imine (C=N–C) groups is 1. The Morgan fingerprint density at radius 3 is 2.48 bits per heavy atom. The number of hydrogen-bond acceptors (Lipinski definition) is 5. The molecule has 0 aliphatic carbocycles. The zero-order valence-electron chi connectivity index (χ0n) is 17.0. The zero-order valence-corrected chi connectivity index (χ0v) is 19.4. The van der Waals surface area contributed by atoms with E-state index < -0.39 is 9.84 Å². The molecule has 6 nitrogen and oxygen atoms in total. The van der Waals surface area contributed by atoms with Gasteiger partial charge in [-0.1, -0.05) is 47.6 Å². The Kier molecular flexibility index (Phi) is 6.60. The molecule has 2 fully saturated rings. The summed E-state index contributed by atoms with van der Waals surface area (Å²) < 4.78 is 29.5. The number of sulfone groups is 1. The zero-order chi connectivity index (χ0) is 22.0. The van der Waals surface area contributed by atoms with Crippen LogP contribution in [0.25, 0.3) is 0 Å². The van der Waals surface area contributed by atoms with Gasteiger partial charge in [-0.05, 0) is 41.8 Å². The second-order valence-corrected chi connectivity index (χ2v) is 11.5. The quantitative estimate of drug-likeness (QED) is 0.634. The summed E-state index contributed by atoms with van der Waals surface area (Å²) in [5, 5.41) is 1.16. The second kappa shape index (κ2) is 9.22. The Balaban J connectivity index is 1.49. The van der Waals surface area contributed by atoms with E-state index in [1.807, 2.05) is 41.3 Å². The van der Waals surface area contributed by atoms with Crippen molar-refractivity contribution < 1.29 is 17.9 Å². The molecule has 0 N–H and O–H groups in total. The van der Waals surface area contributed by atoms with Gasteiger partial charge in [-0.25, -0.2) is 8.42 Å². The predicted molar refractivity (Wildman–Crippen MR) is 125 cm³/mol. The summed E-state index contributed by atoms with van der Waals surface area (Å²) in [6.07, 6.45) is 0.902. The first-order chi connectivity index (χ1) is 14.8. The number of ether oxygens (including phenoxy) is 1. The lowest BCUT2D eigenvalue weighted by atomic mass is 10.1. The van der Waals surface area contributed by atoms with Crippen molar-refractivity contribution in [3.05, 3.63) is 64.7 Å². The van der Waals surface area contributed by atoms with Crippen molar-refractivity contribution in [2.24, 2.45) is 4.99 Å². The molecule has 0 unspecified atom stereocenters. The first-order valence-electron chi connectivity index (χ1n) is 9.95. The summed E-state index contributed by atoms with van der Waals surface area (Å²) >= 11 is 7.32. The molecular weight excluding hydrogens is 456 g/mol. The normalized spacial score (nSPS) is 23.2. The van der Waals surface area contributed by atoms with Gasteiger partial charge in [0.1, 0.15) is 5.75 Å². The molecule has 2 aliphatic rings. The third-order valence-corrected chi connectivity index (χ3v) is 8.96. The Morgan fingerprint density at radius 2 is 1.81 bits per heavy atom. The average Bonchev–Trinajstić information content (AvgIpc) is 3.19. The van der Waals surface area contributed by atoms with Crippen LogP contribution in [0.2, 0.25) is 5.02 Å². The SMILES string of the molecule is COc1ccc(CCN2C(=NC(=O)Cc3ccc(Cl)cc3)S[C@@H]3CS(=O)(=O)C[C@@H]32)cc1. The summed E-state index contributed by atoms with van der Waals surface area (Å²) in [5.41, 5.74) is 1.95. The number of fused-ring (bicyclic) bond motifs is 1. The van der Waals surface area contributed by atoms with Crippen LogP contribution >= 0.6 is 23.4 Å². The molecule has 2 aromatic carbocycles. The molecule has 0 radical (unpaired) electrons. The Bertz CT molecular complexity index is 1090. The van der Waals surface area contributed by atoms with Crippen LogP contribution in [0.3, 0.4) is 0 Å². The van der Waals surface area contributed by atoms with E-state index in [1.54, 1.807) is 19.2 Å². The number of hydrogen-bond donors (Lipinski definition) is 0. The van der Waals surface area contributed by atoms with Crippen LogP contribution in [0.5, 0.6) is 5.75 Å². The van der Waals surface area contributed by atoms with E-state index in [-0.39, 0.29) is 35.1 Å². The van der Waals surface area contributed by atoms with E-state index in [2.05, 4.69) is 4.99 Å². The topological polar surface area (TPSA) is 76.0 Å². The third-order valence-electron chi connectivity index (χ3n) is 5.46. The van der Waals surface area contributed by atoms with Crippen molar-refractivity contribution in [3.8, 4) is 5.75 Å². The predicted octanol–water partition coefficient (Wildman–Crippen LogP) is 3.23. The molecule has 31 heavy (non-hydrogen) atoms. The molecule has 2 atom stereocenters. The van der Waals surface area contributed by atoms with Crippen LogP contribution in [0.4, 0.5) is 0 Å². The summed E-state index contributed by atoms with van der Waals surface area (Å²) in [4.78, 5) is 19.0. The van der Waals surface area contributed by atoms with Crippen LogP contribution in [-0.2, 0) is 27.5 Å². The van der Waals surface area contributed by atoms with E-state index in [4.69, 9.17) is 16.3 Å². The minimum absolute atomic E-state index is 0.0806. The number of rotatable bonds is 6. The summed E-state index contributed by atoms with van der Waals surface area (Å²) in [7, 11) is -1.44. The number of carbonyl (C=O) groups excluding carboxylic acids is 1. The van der Waals surface area contributed by atoms with Crippen molar-refractivity contribution in [2.45, 2.75) is 24.1 Å². The molecular formula is C22H23ClN2O4S2. The van der Waals surface area contributed by atoms with E-state index in [1.165, 1.54) is 11.8 Å². The molecule has 4 rings (SSSR count). The van der Waals surface area contributed by atoms with Crippen LogP contribution in [0, 0.1) is 0 Å². The van der Waals surface area contributed by atoms with Gasteiger partial charge in [-0.3, -0.25) is 4.79 Å². The van der Waals surface area contributed by atoms with Crippen molar-refractivity contribution in [3.63, 3.8) is 0 Å². The number of halogens is 1. The summed E-state index contributed by atoms with van der Waals surface area (Å²) in [6, 6.07) is 14.8. The standard InChI is InChI=1S/C22H23ClN2O4S2/c1-29-18-8-4-15(5-9-18)10-11-25-19-13-31(27,28)14-20(19)30-22(25)24-21(26)12-16-2-6-17(23)7-3-16/h2-9,19-20H,10-14H2,1H3/t19-,20+/m0/s1. The fourth-order valence-corrected chi connectivity index (χ4v) is 7.98. The number of amides is 1. The van der Waals surface area contributed by atoms with Crippen molar-refractivity contribution in [1.82, 2.24) is 4.90 Å². The molecule has 164 valence electrons. The highest BCUT2D eigenvalue weighted by molar-refractivity contribution is 8.15. The van der Waals surface area contributed by atoms with Gasteiger partial charge in [-0.2, -0.15) is 4.99 Å². The van der Waals surface area contributed by atoms with E-state index in [0.29, 0.717) is 16.7 Å². The van der Waals surface area contributed by atoms with Gasteiger partial charge in [-0.15, -0.1) is 0 Å². The summed E-state index contributed by atoms with van der Waals surface area (Å²) in [6.45, 7) is 0.600. The van der Waals surface area contributed by atoms with Crippen LogP contribution in [0.15, 0.2) is 53.5 Å². The molecule has 0 spiro atoms. The molecule has 2 aromatic rings. The lowest BCUT2D eigenvalue weighted by Gasteiger charge is -2.24. The highest BCUT2D eigenvalue weighted by Gasteiger charge is 2.48. The molecule has 0 saturated carbocycles. The molecule has 1 amide bonds. The van der Waals surface area contributed by atoms with Gasteiger partial charge in [0.15, 0.2) is 15.0 Å². The number of nitrogens with zero attached hydrogens (tertiary/aromatic N) is 2. The van der Waals surface area contributed by atoms with E-state index in [0.717, 1.165) is 23.3 Å².